The van der Waals surface area contributed by atoms with Crippen LogP contribution in [0.3, 0.4) is 0 Å². The summed E-state index contributed by atoms with van der Waals surface area (Å²) in [6.45, 7) is 4.13. The molecule has 1 aromatic carbocycles. The quantitative estimate of drug-likeness (QED) is 0.794. The molecule has 1 N–H and O–H groups in total. The second-order valence-corrected chi connectivity index (χ2v) is 4.77. The summed E-state index contributed by atoms with van der Waals surface area (Å²) in [6, 6.07) is 6.38. The van der Waals surface area contributed by atoms with Crippen molar-refractivity contribution >= 4 is 22.7 Å². The summed E-state index contributed by atoms with van der Waals surface area (Å²) < 4.78 is 14.9. The van der Waals surface area contributed by atoms with E-state index in [1.807, 2.05) is 4.57 Å². The Morgan fingerprint density at radius 3 is 2.55 bits per heavy atom. The predicted molar refractivity (Wildman–Crippen MR) is 75.4 cm³/mol. The summed E-state index contributed by atoms with van der Waals surface area (Å²) in [4.78, 5) is 12.8. The van der Waals surface area contributed by atoms with Crippen LogP contribution in [0.2, 0.25) is 0 Å². The van der Waals surface area contributed by atoms with Gasteiger partial charge in [-0.2, -0.15) is 0 Å². The molecule has 0 radical (unpaired) electrons. The van der Waals surface area contributed by atoms with Gasteiger partial charge >= 0.3 is 0 Å². The summed E-state index contributed by atoms with van der Waals surface area (Å²) in [7, 11) is 0. The molecule has 0 saturated heterocycles. The van der Waals surface area contributed by atoms with Crippen LogP contribution in [0.15, 0.2) is 36.9 Å². The number of imidazole rings is 1. The van der Waals surface area contributed by atoms with Crippen LogP contribution >= 0.6 is 0 Å². The molecule has 0 aliphatic rings. The fourth-order valence-corrected chi connectivity index (χ4v) is 1.99. The van der Waals surface area contributed by atoms with Crippen LogP contribution in [-0.2, 0) is 0 Å². The summed E-state index contributed by atoms with van der Waals surface area (Å²) in [6.07, 6.45) is 3.24. The molecule has 3 rings (SSSR count). The van der Waals surface area contributed by atoms with E-state index in [9.17, 15) is 4.39 Å². The third kappa shape index (κ3) is 2.20. The lowest BCUT2D eigenvalue weighted by Gasteiger charge is -2.08. The summed E-state index contributed by atoms with van der Waals surface area (Å²) in [5, 5.41) is 3.13. The molecule has 3 aromatic rings. The number of halogens is 1. The number of rotatable bonds is 3. The lowest BCUT2D eigenvalue weighted by atomic mass is 10.3. The highest BCUT2D eigenvalue weighted by molar-refractivity contribution is 5.85. The molecule has 0 unspecified atom stereocenters. The van der Waals surface area contributed by atoms with Crippen molar-refractivity contribution in [2.45, 2.75) is 19.9 Å². The molecule has 0 aliphatic carbocycles. The number of aromatic nitrogens is 4. The number of anilines is 2. The molecule has 0 fully saturated rings. The van der Waals surface area contributed by atoms with Gasteiger partial charge in [-0.15, -0.1) is 0 Å². The van der Waals surface area contributed by atoms with Gasteiger partial charge in [0.2, 0.25) is 0 Å². The average Bonchev–Trinajstić information content (AvgIpc) is 2.86. The Morgan fingerprint density at radius 2 is 1.85 bits per heavy atom. The van der Waals surface area contributed by atoms with Gasteiger partial charge in [0, 0.05) is 11.7 Å². The average molecular weight is 271 g/mol. The van der Waals surface area contributed by atoms with Crippen molar-refractivity contribution in [3.05, 3.63) is 42.7 Å². The van der Waals surface area contributed by atoms with Gasteiger partial charge in [0.05, 0.1) is 6.33 Å². The van der Waals surface area contributed by atoms with Crippen LogP contribution in [0.5, 0.6) is 0 Å². The largest absolute Gasteiger partial charge is 0.338 e. The number of hydrogen-bond donors (Lipinski definition) is 1. The maximum absolute atomic E-state index is 12.9. The number of fused-ring (bicyclic) bond motifs is 1. The standard InChI is InChI=1S/C14H14FN5/c1-9(2)20-8-18-12-13(16-7-17-14(12)20)19-11-5-3-10(15)4-6-11/h3-9H,1-2H3,(H,16,17,19). The van der Waals surface area contributed by atoms with Crippen molar-refractivity contribution in [1.29, 1.82) is 0 Å². The van der Waals surface area contributed by atoms with E-state index < -0.39 is 0 Å². The first-order chi connectivity index (χ1) is 9.65. The Morgan fingerprint density at radius 1 is 1.10 bits per heavy atom. The third-order valence-electron chi connectivity index (χ3n) is 3.02. The third-order valence-corrected chi connectivity index (χ3v) is 3.02. The van der Waals surface area contributed by atoms with Crippen molar-refractivity contribution in [3.63, 3.8) is 0 Å². The van der Waals surface area contributed by atoms with E-state index in [0.717, 1.165) is 11.3 Å². The highest BCUT2D eigenvalue weighted by Crippen LogP contribution is 2.23. The fourth-order valence-electron chi connectivity index (χ4n) is 1.99. The number of nitrogens with one attached hydrogen (secondary N) is 1. The second-order valence-electron chi connectivity index (χ2n) is 4.77. The molecule has 20 heavy (non-hydrogen) atoms. The lowest BCUT2D eigenvalue weighted by molar-refractivity contribution is 0.612. The molecule has 0 amide bonds. The van der Waals surface area contributed by atoms with E-state index in [1.165, 1.54) is 18.5 Å². The van der Waals surface area contributed by atoms with Gasteiger partial charge in [0.15, 0.2) is 17.0 Å². The van der Waals surface area contributed by atoms with Gasteiger partial charge in [-0.1, -0.05) is 0 Å². The van der Waals surface area contributed by atoms with Gasteiger partial charge < -0.3 is 9.88 Å². The summed E-state index contributed by atoms with van der Waals surface area (Å²) in [5.74, 6) is 0.341. The van der Waals surface area contributed by atoms with Gasteiger partial charge in [-0.25, -0.2) is 19.3 Å². The summed E-state index contributed by atoms with van der Waals surface area (Å²) >= 11 is 0. The number of hydrogen-bond acceptors (Lipinski definition) is 4. The monoisotopic (exact) mass is 271 g/mol. The van der Waals surface area contributed by atoms with Crippen molar-refractivity contribution in [3.8, 4) is 0 Å². The molecule has 2 heterocycles. The van der Waals surface area contributed by atoms with Crippen LogP contribution in [0, 0.1) is 5.82 Å². The van der Waals surface area contributed by atoms with Crippen LogP contribution < -0.4 is 5.32 Å². The molecule has 0 aliphatic heterocycles. The van der Waals surface area contributed by atoms with Gasteiger partial charge in [0.1, 0.15) is 12.1 Å². The number of nitrogens with zero attached hydrogens (tertiary/aromatic N) is 4. The molecule has 0 atom stereocenters. The van der Waals surface area contributed by atoms with E-state index in [-0.39, 0.29) is 11.9 Å². The SMILES string of the molecule is CC(C)n1cnc2c(Nc3ccc(F)cc3)ncnc21. The Hall–Kier alpha value is -2.50. The smallest absolute Gasteiger partial charge is 0.165 e. The zero-order valence-electron chi connectivity index (χ0n) is 11.2. The summed E-state index contributed by atoms with van der Waals surface area (Å²) in [5.41, 5.74) is 2.23. The van der Waals surface area contributed by atoms with E-state index in [0.29, 0.717) is 11.3 Å². The highest BCUT2D eigenvalue weighted by Gasteiger charge is 2.11. The van der Waals surface area contributed by atoms with Crippen molar-refractivity contribution in [1.82, 2.24) is 19.5 Å². The predicted octanol–water partition coefficient (Wildman–Crippen LogP) is 3.29. The highest BCUT2D eigenvalue weighted by atomic mass is 19.1. The lowest BCUT2D eigenvalue weighted by Crippen LogP contribution is -2.01. The molecular formula is C14H14FN5. The van der Waals surface area contributed by atoms with Gasteiger partial charge in [-0.05, 0) is 38.1 Å². The van der Waals surface area contributed by atoms with Crippen LogP contribution in [0.25, 0.3) is 11.2 Å². The molecule has 0 spiro atoms. The fraction of sp³-hybridized carbons (Fsp3) is 0.214. The van der Waals surface area contributed by atoms with Crippen molar-refractivity contribution < 1.29 is 4.39 Å². The first-order valence-corrected chi connectivity index (χ1v) is 6.35. The van der Waals surface area contributed by atoms with E-state index in [1.54, 1.807) is 18.5 Å². The Balaban J connectivity index is 2.01. The molecule has 0 bridgehead atoms. The van der Waals surface area contributed by atoms with Crippen LogP contribution in [0.4, 0.5) is 15.9 Å². The number of benzene rings is 1. The Bertz CT molecular complexity index is 733. The minimum Gasteiger partial charge on any atom is -0.338 e. The second kappa shape index (κ2) is 4.88. The first-order valence-electron chi connectivity index (χ1n) is 6.35. The van der Waals surface area contributed by atoms with E-state index in [2.05, 4.69) is 34.1 Å². The normalized spacial score (nSPS) is 11.2. The van der Waals surface area contributed by atoms with Gasteiger partial charge in [-0.3, -0.25) is 0 Å². The first kappa shape index (κ1) is 12.5. The zero-order valence-corrected chi connectivity index (χ0v) is 11.2. The molecule has 5 nitrogen and oxygen atoms in total. The maximum Gasteiger partial charge on any atom is 0.165 e. The topological polar surface area (TPSA) is 55.6 Å². The molecule has 6 heteroatoms. The van der Waals surface area contributed by atoms with Crippen molar-refractivity contribution in [2.75, 3.05) is 5.32 Å². The minimum atomic E-state index is -0.271. The zero-order chi connectivity index (χ0) is 14.1. The maximum atomic E-state index is 12.9. The van der Waals surface area contributed by atoms with E-state index in [4.69, 9.17) is 0 Å². The van der Waals surface area contributed by atoms with E-state index >= 15 is 0 Å². The van der Waals surface area contributed by atoms with Gasteiger partial charge in [0.25, 0.3) is 0 Å². The van der Waals surface area contributed by atoms with Crippen LogP contribution in [0.1, 0.15) is 19.9 Å². The molecule has 102 valence electrons. The Labute approximate surface area is 115 Å². The molecule has 0 saturated carbocycles. The van der Waals surface area contributed by atoms with Crippen molar-refractivity contribution in [2.24, 2.45) is 0 Å². The molecular weight excluding hydrogens is 257 g/mol. The molecule has 2 aromatic heterocycles. The van der Waals surface area contributed by atoms with Crippen LogP contribution in [-0.4, -0.2) is 19.5 Å². The minimum absolute atomic E-state index is 0.271. The Kier molecular flexibility index (Phi) is 3.06.